The van der Waals surface area contributed by atoms with E-state index in [0.29, 0.717) is 20.7 Å². The van der Waals surface area contributed by atoms with Gasteiger partial charge in [0.25, 0.3) is 0 Å². The normalized spacial score (nSPS) is 10.9. The molecule has 0 unspecified atom stereocenters. The molecule has 1 amide bonds. The molecule has 98 valence electrons. The lowest BCUT2D eigenvalue weighted by molar-refractivity contribution is -0.111. The van der Waals surface area contributed by atoms with Crippen LogP contribution in [0.15, 0.2) is 30.5 Å². The molecule has 3 nitrogen and oxygen atoms in total. The van der Waals surface area contributed by atoms with Crippen molar-refractivity contribution >= 4 is 51.7 Å². The summed E-state index contributed by atoms with van der Waals surface area (Å²) in [5.41, 5.74) is 0.694. The van der Waals surface area contributed by atoms with Gasteiger partial charge in [-0.2, -0.15) is 0 Å². The fourth-order valence-corrected chi connectivity index (χ4v) is 2.40. The highest BCUT2D eigenvalue weighted by Crippen LogP contribution is 2.22. The molecule has 6 heteroatoms. The number of carbonyl (C=O) groups is 1. The lowest BCUT2D eigenvalue weighted by Crippen LogP contribution is -2.07. The van der Waals surface area contributed by atoms with Gasteiger partial charge in [-0.1, -0.05) is 23.2 Å². The number of aryl methyl sites for hydroxylation is 1. The van der Waals surface area contributed by atoms with E-state index in [9.17, 15) is 4.79 Å². The summed E-state index contributed by atoms with van der Waals surface area (Å²) in [7, 11) is 0. The van der Waals surface area contributed by atoms with Crippen molar-refractivity contribution in [2.24, 2.45) is 0 Å². The first-order valence-corrected chi connectivity index (χ1v) is 6.98. The average Bonchev–Trinajstić information content (AvgIpc) is 2.76. The van der Waals surface area contributed by atoms with E-state index in [1.807, 2.05) is 6.92 Å². The molecule has 1 aromatic carbocycles. The summed E-state index contributed by atoms with van der Waals surface area (Å²) >= 11 is 13.3. The Morgan fingerprint density at radius 2 is 2.21 bits per heavy atom. The third kappa shape index (κ3) is 4.06. The van der Waals surface area contributed by atoms with Crippen LogP contribution >= 0.6 is 34.5 Å². The first kappa shape index (κ1) is 14.1. The maximum Gasteiger partial charge on any atom is 0.250 e. The summed E-state index contributed by atoms with van der Waals surface area (Å²) in [6.45, 7) is 1.93. The van der Waals surface area contributed by atoms with Crippen molar-refractivity contribution < 1.29 is 4.79 Å². The molecule has 0 radical (unpaired) electrons. The van der Waals surface area contributed by atoms with Crippen molar-refractivity contribution in [1.82, 2.24) is 4.98 Å². The Labute approximate surface area is 124 Å². The number of halogens is 2. The third-order valence-electron chi connectivity index (χ3n) is 2.22. The fraction of sp³-hybridized carbons (Fsp3) is 0.0769. The molecular formula is C13H10Cl2N2OS. The van der Waals surface area contributed by atoms with Gasteiger partial charge in [-0.15, -0.1) is 11.3 Å². The van der Waals surface area contributed by atoms with Gasteiger partial charge in [0.05, 0.1) is 0 Å². The van der Waals surface area contributed by atoms with Crippen molar-refractivity contribution in [2.75, 3.05) is 5.32 Å². The van der Waals surface area contributed by atoms with Gasteiger partial charge in [0.2, 0.25) is 5.91 Å². The fourth-order valence-electron chi connectivity index (χ4n) is 1.37. The number of nitrogens with zero attached hydrogens (tertiary/aromatic N) is 1. The minimum atomic E-state index is -0.259. The van der Waals surface area contributed by atoms with E-state index < -0.39 is 0 Å². The number of aromatic nitrogens is 1. The third-order valence-corrected chi connectivity index (χ3v) is 3.63. The summed E-state index contributed by atoms with van der Waals surface area (Å²) in [5.74, 6) is -0.259. The monoisotopic (exact) mass is 312 g/mol. The average molecular weight is 313 g/mol. The number of carbonyl (C=O) groups excluding carboxylic acids is 1. The summed E-state index contributed by atoms with van der Waals surface area (Å²) < 4.78 is 0. The molecule has 0 bridgehead atoms. The molecule has 0 aliphatic heterocycles. The second-order valence-corrected chi connectivity index (χ2v) is 5.84. The minimum absolute atomic E-state index is 0.259. The molecule has 0 saturated heterocycles. The van der Waals surface area contributed by atoms with Gasteiger partial charge in [-0.3, -0.25) is 10.1 Å². The van der Waals surface area contributed by atoms with Crippen molar-refractivity contribution in [1.29, 1.82) is 0 Å². The van der Waals surface area contributed by atoms with E-state index in [1.165, 1.54) is 17.4 Å². The SMILES string of the molecule is Cc1cnc(NC(=O)/C=C/c2cc(Cl)ccc2Cl)s1. The first-order chi connectivity index (χ1) is 9.04. The number of rotatable bonds is 3. The number of nitrogens with one attached hydrogen (secondary N) is 1. The van der Waals surface area contributed by atoms with Crippen LogP contribution in [0.2, 0.25) is 10.0 Å². The number of hydrogen-bond donors (Lipinski definition) is 1. The van der Waals surface area contributed by atoms with E-state index in [1.54, 1.807) is 30.5 Å². The molecule has 19 heavy (non-hydrogen) atoms. The number of amides is 1. The van der Waals surface area contributed by atoms with E-state index >= 15 is 0 Å². The van der Waals surface area contributed by atoms with Crippen LogP contribution in [-0.4, -0.2) is 10.9 Å². The predicted molar refractivity (Wildman–Crippen MR) is 81.0 cm³/mol. The highest BCUT2D eigenvalue weighted by atomic mass is 35.5. The van der Waals surface area contributed by atoms with E-state index in [0.717, 1.165) is 4.88 Å². The van der Waals surface area contributed by atoms with Crippen molar-refractivity contribution in [3.63, 3.8) is 0 Å². The van der Waals surface area contributed by atoms with Gasteiger partial charge in [0.15, 0.2) is 5.13 Å². The molecule has 2 aromatic rings. The lowest BCUT2D eigenvalue weighted by atomic mass is 10.2. The van der Waals surface area contributed by atoms with Crippen LogP contribution in [0.3, 0.4) is 0 Å². The Hall–Kier alpha value is -1.36. The summed E-state index contributed by atoms with van der Waals surface area (Å²) in [4.78, 5) is 16.8. The molecule has 0 aliphatic carbocycles. The number of thiazole rings is 1. The van der Waals surface area contributed by atoms with Crippen molar-refractivity contribution in [3.8, 4) is 0 Å². The number of benzene rings is 1. The van der Waals surface area contributed by atoms with Crippen LogP contribution < -0.4 is 5.32 Å². The Morgan fingerprint density at radius 1 is 1.42 bits per heavy atom. The van der Waals surface area contributed by atoms with Crippen molar-refractivity contribution in [3.05, 3.63) is 51.0 Å². The van der Waals surface area contributed by atoms with Crippen LogP contribution in [0.1, 0.15) is 10.4 Å². The standard InChI is InChI=1S/C13H10Cl2N2OS/c1-8-7-16-13(19-8)17-12(18)5-2-9-6-10(14)3-4-11(9)15/h2-7H,1H3,(H,16,17,18)/b5-2+. The minimum Gasteiger partial charge on any atom is -0.298 e. The van der Waals surface area contributed by atoms with Gasteiger partial charge in [-0.05, 0) is 36.8 Å². The summed E-state index contributed by atoms with van der Waals surface area (Å²) in [6.07, 6.45) is 4.72. The van der Waals surface area contributed by atoms with Crippen LogP contribution in [0.25, 0.3) is 6.08 Å². The van der Waals surface area contributed by atoms with Crippen LogP contribution in [0.4, 0.5) is 5.13 Å². The maximum atomic E-state index is 11.7. The van der Waals surface area contributed by atoms with Gasteiger partial charge in [0, 0.05) is 27.2 Å². The maximum absolute atomic E-state index is 11.7. The highest BCUT2D eigenvalue weighted by Gasteiger charge is 2.03. The zero-order chi connectivity index (χ0) is 13.8. The van der Waals surface area contributed by atoms with Gasteiger partial charge in [0.1, 0.15) is 0 Å². The van der Waals surface area contributed by atoms with Crippen molar-refractivity contribution in [2.45, 2.75) is 6.92 Å². The zero-order valence-electron chi connectivity index (χ0n) is 9.98. The topological polar surface area (TPSA) is 42.0 Å². The lowest BCUT2D eigenvalue weighted by Gasteiger charge is -1.99. The summed E-state index contributed by atoms with van der Waals surface area (Å²) in [5, 5.41) is 4.36. The van der Waals surface area contributed by atoms with Crippen LogP contribution in [0, 0.1) is 6.92 Å². The zero-order valence-corrected chi connectivity index (χ0v) is 12.3. The largest absolute Gasteiger partial charge is 0.298 e. The molecule has 0 spiro atoms. The second kappa shape index (κ2) is 6.19. The Bertz CT molecular complexity index is 637. The van der Waals surface area contributed by atoms with Crippen LogP contribution in [-0.2, 0) is 4.79 Å². The molecule has 0 saturated carbocycles. The Kier molecular flexibility index (Phi) is 4.58. The second-order valence-electron chi connectivity index (χ2n) is 3.76. The van der Waals surface area contributed by atoms with Gasteiger partial charge < -0.3 is 0 Å². The molecule has 2 rings (SSSR count). The van der Waals surface area contributed by atoms with E-state index in [4.69, 9.17) is 23.2 Å². The number of hydrogen-bond acceptors (Lipinski definition) is 3. The molecule has 0 aliphatic rings. The molecule has 1 heterocycles. The van der Waals surface area contributed by atoms with E-state index in [2.05, 4.69) is 10.3 Å². The van der Waals surface area contributed by atoms with Gasteiger partial charge >= 0.3 is 0 Å². The van der Waals surface area contributed by atoms with Gasteiger partial charge in [-0.25, -0.2) is 4.98 Å². The molecule has 1 aromatic heterocycles. The smallest absolute Gasteiger partial charge is 0.250 e. The van der Waals surface area contributed by atoms with E-state index in [-0.39, 0.29) is 5.91 Å². The predicted octanol–water partition coefficient (Wildman–Crippen LogP) is 4.41. The molecule has 1 N–H and O–H groups in total. The highest BCUT2D eigenvalue weighted by molar-refractivity contribution is 7.15. The molecule has 0 atom stereocenters. The first-order valence-electron chi connectivity index (χ1n) is 5.41. The van der Waals surface area contributed by atoms with Crippen LogP contribution in [0.5, 0.6) is 0 Å². The number of anilines is 1. The Balaban J connectivity index is 2.05. The molecule has 0 fully saturated rings. The molecular weight excluding hydrogens is 303 g/mol. The summed E-state index contributed by atoms with van der Waals surface area (Å²) in [6, 6.07) is 5.08. The quantitative estimate of drug-likeness (QED) is 0.853. The Morgan fingerprint density at radius 3 is 2.89 bits per heavy atom.